The lowest BCUT2D eigenvalue weighted by atomic mass is 10.2. The van der Waals surface area contributed by atoms with E-state index in [1.807, 2.05) is 6.92 Å². The van der Waals surface area contributed by atoms with Crippen molar-refractivity contribution in [2.24, 2.45) is 0 Å². The number of morpholine rings is 1. The monoisotopic (exact) mass is 494 g/mol. The minimum atomic E-state index is -4.05. The second-order valence-corrected chi connectivity index (χ2v) is 10.4. The number of carbonyl (C=O) groups excluding carboxylic acids is 1. The molecule has 3 fully saturated rings. The Morgan fingerprint density at radius 1 is 1.03 bits per heavy atom. The fourth-order valence-electron chi connectivity index (χ4n) is 4.57. The molecule has 0 N–H and O–H groups in total. The third-order valence-electron chi connectivity index (χ3n) is 6.27. The molecular weight excluding hydrogens is 470 g/mol. The zero-order chi connectivity index (χ0) is 24.0. The van der Waals surface area contributed by atoms with Crippen molar-refractivity contribution >= 4 is 27.6 Å². The fraction of sp³-hybridized carbons (Fsp3) is 0.435. The Labute approximate surface area is 196 Å². The van der Waals surface area contributed by atoms with E-state index in [0.29, 0.717) is 13.1 Å². The predicted molar refractivity (Wildman–Crippen MR) is 118 cm³/mol. The normalized spacial score (nSPS) is 24.6. The summed E-state index contributed by atoms with van der Waals surface area (Å²) in [5.41, 5.74) is 0.746. The summed E-state index contributed by atoms with van der Waals surface area (Å²) in [5, 5.41) is 0. The molecule has 0 radical (unpaired) electrons. The molecule has 5 rings (SSSR count). The van der Waals surface area contributed by atoms with Crippen LogP contribution in [0.3, 0.4) is 0 Å². The predicted octanol–water partition coefficient (Wildman–Crippen LogP) is 3.37. The number of amides is 1. The van der Waals surface area contributed by atoms with Crippen LogP contribution in [0.25, 0.3) is 0 Å². The van der Waals surface area contributed by atoms with E-state index >= 15 is 0 Å². The molecule has 2 unspecified atom stereocenters. The topological polar surface area (TPSA) is 85.4 Å². The third-order valence-corrected chi connectivity index (χ3v) is 7.56. The molecule has 3 saturated heterocycles. The Kier molecular flexibility index (Phi) is 5.95. The van der Waals surface area contributed by atoms with Crippen molar-refractivity contribution in [3.63, 3.8) is 0 Å². The summed E-state index contributed by atoms with van der Waals surface area (Å²) in [6.45, 7) is 2.11. The molecule has 0 aromatic heterocycles. The number of nitrogens with zero attached hydrogens (tertiary/aromatic N) is 2. The van der Waals surface area contributed by atoms with Crippen LogP contribution in [0.1, 0.15) is 18.4 Å². The van der Waals surface area contributed by atoms with E-state index in [1.54, 1.807) is 17.0 Å². The lowest BCUT2D eigenvalue weighted by Crippen LogP contribution is -2.43. The van der Waals surface area contributed by atoms with Gasteiger partial charge in [0.1, 0.15) is 18.4 Å². The summed E-state index contributed by atoms with van der Waals surface area (Å²) in [7, 11) is -4.05. The molecule has 2 aromatic rings. The highest BCUT2D eigenvalue weighted by Gasteiger charge is 2.38. The Hall–Kier alpha value is -2.76. The Balaban J connectivity index is 1.26. The van der Waals surface area contributed by atoms with Crippen molar-refractivity contribution in [1.82, 2.24) is 0 Å². The van der Waals surface area contributed by atoms with Crippen molar-refractivity contribution in [1.29, 1.82) is 0 Å². The maximum Gasteiger partial charge on any atom is 0.414 e. The quantitative estimate of drug-likeness (QED) is 0.570. The molecule has 8 nitrogen and oxygen atoms in total. The molecule has 0 spiro atoms. The summed E-state index contributed by atoms with van der Waals surface area (Å²) in [4.78, 5) is 15.0. The van der Waals surface area contributed by atoms with Gasteiger partial charge in [0.05, 0.1) is 29.3 Å². The van der Waals surface area contributed by atoms with Crippen LogP contribution < -0.4 is 9.80 Å². The van der Waals surface area contributed by atoms with Crippen molar-refractivity contribution in [2.75, 3.05) is 36.0 Å². The first-order valence-electron chi connectivity index (χ1n) is 11.0. The van der Waals surface area contributed by atoms with Crippen LogP contribution in [0.4, 0.5) is 25.0 Å². The average molecular weight is 495 g/mol. The van der Waals surface area contributed by atoms with Gasteiger partial charge in [-0.05, 0) is 31.9 Å². The van der Waals surface area contributed by atoms with Gasteiger partial charge in [-0.3, -0.25) is 9.08 Å². The fourth-order valence-corrected chi connectivity index (χ4v) is 5.50. The SMILES string of the molecule is Cc1ccc(S(=O)(=O)OC[C@H]2CN(c3cc(F)c(N4CC5CCC(C4)O5)c(F)c3)C(=O)O2)cc1. The van der Waals surface area contributed by atoms with Crippen molar-refractivity contribution in [3.05, 3.63) is 53.6 Å². The summed E-state index contributed by atoms with van der Waals surface area (Å²) < 4.78 is 70.6. The molecule has 2 aromatic carbocycles. The van der Waals surface area contributed by atoms with E-state index < -0.39 is 40.6 Å². The molecule has 3 heterocycles. The zero-order valence-corrected chi connectivity index (χ0v) is 19.3. The zero-order valence-electron chi connectivity index (χ0n) is 18.4. The number of cyclic esters (lactones) is 1. The van der Waals surface area contributed by atoms with Gasteiger partial charge in [-0.25, -0.2) is 13.6 Å². The van der Waals surface area contributed by atoms with Crippen LogP contribution in [0.15, 0.2) is 41.3 Å². The minimum Gasteiger partial charge on any atom is -0.441 e. The van der Waals surface area contributed by atoms with Gasteiger partial charge in [-0.2, -0.15) is 8.42 Å². The van der Waals surface area contributed by atoms with Gasteiger partial charge in [-0.15, -0.1) is 0 Å². The Morgan fingerprint density at radius 2 is 1.65 bits per heavy atom. The number of fused-ring (bicyclic) bond motifs is 2. The maximum absolute atomic E-state index is 15.0. The van der Waals surface area contributed by atoms with Gasteiger partial charge in [0, 0.05) is 25.2 Å². The number of carbonyl (C=O) groups is 1. The Morgan fingerprint density at radius 3 is 2.26 bits per heavy atom. The summed E-state index contributed by atoms with van der Waals surface area (Å²) in [6, 6.07) is 8.30. The number of halogens is 2. The van der Waals surface area contributed by atoms with E-state index in [1.165, 1.54) is 12.1 Å². The van der Waals surface area contributed by atoms with Crippen molar-refractivity contribution < 1.29 is 35.6 Å². The van der Waals surface area contributed by atoms with Crippen LogP contribution in [0.5, 0.6) is 0 Å². The number of aryl methyl sites for hydroxylation is 1. The number of ether oxygens (including phenoxy) is 2. The number of rotatable bonds is 6. The van der Waals surface area contributed by atoms with Gasteiger partial charge in [0.25, 0.3) is 10.1 Å². The van der Waals surface area contributed by atoms with Crippen molar-refractivity contribution in [2.45, 2.75) is 43.0 Å². The van der Waals surface area contributed by atoms with Crippen LogP contribution >= 0.6 is 0 Å². The van der Waals surface area contributed by atoms with Gasteiger partial charge < -0.3 is 14.4 Å². The molecule has 182 valence electrons. The lowest BCUT2D eigenvalue weighted by Gasteiger charge is -2.34. The number of benzene rings is 2. The molecule has 34 heavy (non-hydrogen) atoms. The maximum atomic E-state index is 15.0. The molecule has 0 aliphatic carbocycles. The molecule has 3 aliphatic rings. The summed E-state index contributed by atoms with van der Waals surface area (Å²) in [6.07, 6.45) is -0.104. The van der Waals surface area contributed by atoms with E-state index in [4.69, 9.17) is 13.7 Å². The number of hydrogen-bond acceptors (Lipinski definition) is 7. The van der Waals surface area contributed by atoms with Gasteiger partial charge in [0.2, 0.25) is 0 Å². The lowest BCUT2D eigenvalue weighted by molar-refractivity contribution is 0.0300. The first-order valence-corrected chi connectivity index (χ1v) is 12.4. The summed E-state index contributed by atoms with van der Waals surface area (Å²) >= 11 is 0. The standard InChI is InChI=1S/C23H24F2N2O6S/c1-14-2-6-19(7-3-14)34(29,30)31-13-18-12-27(23(28)33-18)15-8-20(24)22(21(25)9-15)26-10-16-4-5-17(11-26)32-16/h2-3,6-9,16-18H,4-5,10-13H2,1H3/t16?,17?,18-/m1/s1. The van der Waals surface area contributed by atoms with Crippen LogP contribution in [-0.4, -0.2) is 59.1 Å². The highest BCUT2D eigenvalue weighted by atomic mass is 32.2. The highest BCUT2D eigenvalue weighted by molar-refractivity contribution is 7.86. The second kappa shape index (κ2) is 8.79. The molecule has 3 aliphatic heterocycles. The van der Waals surface area contributed by atoms with E-state index in [0.717, 1.165) is 35.4 Å². The van der Waals surface area contributed by atoms with E-state index in [2.05, 4.69) is 0 Å². The van der Waals surface area contributed by atoms with Gasteiger partial charge >= 0.3 is 6.09 Å². The minimum absolute atomic E-state index is 0.0103. The van der Waals surface area contributed by atoms with Gasteiger partial charge in [-0.1, -0.05) is 17.7 Å². The van der Waals surface area contributed by atoms with Crippen molar-refractivity contribution in [3.8, 4) is 0 Å². The number of hydrogen-bond donors (Lipinski definition) is 0. The smallest absolute Gasteiger partial charge is 0.414 e. The molecule has 1 amide bonds. The second-order valence-electron chi connectivity index (χ2n) is 8.79. The molecular formula is C23H24F2N2O6S. The van der Waals surface area contributed by atoms with Crippen LogP contribution in [0, 0.1) is 18.6 Å². The molecule has 2 bridgehead atoms. The Bertz CT molecular complexity index is 1170. The highest BCUT2D eigenvalue weighted by Crippen LogP contribution is 2.35. The van der Waals surface area contributed by atoms with Crippen LogP contribution in [-0.2, 0) is 23.8 Å². The third kappa shape index (κ3) is 4.47. The van der Waals surface area contributed by atoms with E-state index in [-0.39, 0.29) is 35.0 Å². The van der Waals surface area contributed by atoms with Gasteiger partial charge in [0.15, 0.2) is 11.6 Å². The average Bonchev–Trinajstić information content (AvgIpc) is 3.33. The molecule has 0 saturated carbocycles. The first-order chi connectivity index (χ1) is 16.2. The largest absolute Gasteiger partial charge is 0.441 e. The molecule has 11 heteroatoms. The molecule has 3 atom stereocenters. The van der Waals surface area contributed by atoms with Crippen LogP contribution in [0.2, 0.25) is 0 Å². The van der Waals surface area contributed by atoms with E-state index in [9.17, 15) is 22.0 Å². The summed E-state index contributed by atoms with van der Waals surface area (Å²) in [5.74, 6) is -1.57. The first kappa shape index (κ1) is 23.0. The number of anilines is 2.